The molecule has 2 N–H and O–H groups in total. The molecular formula is C33H49Cl2N3O9S. The number of amides is 1. The first-order valence-corrected chi connectivity index (χ1v) is 18.4. The summed E-state index contributed by atoms with van der Waals surface area (Å²) in [5.74, 6) is -0.168. The first-order chi connectivity index (χ1) is 23.2. The van der Waals surface area contributed by atoms with E-state index in [0.29, 0.717) is 102 Å². The van der Waals surface area contributed by atoms with E-state index in [1.807, 2.05) is 26.1 Å². The average molecular weight is 735 g/mol. The summed E-state index contributed by atoms with van der Waals surface area (Å²) in [5, 5.41) is 3.94. The number of sulfonamides is 1. The van der Waals surface area contributed by atoms with Gasteiger partial charge >= 0.3 is 0 Å². The number of likely N-dealkylation sites (N-methyl/N-ethyl adjacent to an activating group) is 1. The highest BCUT2D eigenvalue weighted by atomic mass is 35.5. The van der Waals surface area contributed by atoms with E-state index in [2.05, 4.69) is 14.9 Å². The number of carbonyl (C=O) groups excluding carboxylic acids is 1. The molecule has 0 radical (unpaired) electrons. The van der Waals surface area contributed by atoms with Crippen molar-refractivity contribution in [2.75, 3.05) is 106 Å². The highest BCUT2D eigenvalue weighted by Gasteiger charge is 2.28. The molecule has 1 unspecified atom stereocenters. The number of rotatable bonds is 25. The number of carbonyl (C=O) groups is 1. The van der Waals surface area contributed by atoms with Crippen LogP contribution in [0.3, 0.4) is 0 Å². The average Bonchev–Trinajstić information content (AvgIpc) is 3.06. The van der Waals surface area contributed by atoms with Crippen molar-refractivity contribution in [1.82, 2.24) is 14.9 Å². The van der Waals surface area contributed by atoms with E-state index in [-0.39, 0.29) is 36.3 Å². The SMILES string of the molecule is CCOCCOCCOCCC(=O)NCCOCCOCCOCCNS(=O)(=O)c1cccc(C2CN(C)Cc3c(Cl)cc(Cl)cc32)c1. The van der Waals surface area contributed by atoms with Gasteiger partial charge in [-0.25, -0.2) is 13.1 Å². The van der Waals surface area contributed by atoms with Crippen LogP contribution in [0.1, 0.15) is 36.0 Å². The van der Waals surface area contributed by atoms with Gasteiger partial charge in [0.1, 0.15) is 0 Å². The second-order valence-electron chi connectivity index (χ2n) is 11.0. The fourth-order valence-electron chi connectivity index (χ4n) is 5.00. The summed E-state index contributed by atoms with van der Waals surface area (Å²) >= 11 is 12.8. The molecule has 2 aromatic carbocycles. The summed E-state index contributed by atoms with van der Waals surface area (Å²) in [4.78, 5) is 14.2. The smallest absolute Gasteiger partial charge is 0.240 e. The van der Waals surface area contributed by atoms with Crippen molar-refractivity contribution in [2.45, 2.75) is 30.7 Å². The van der Waals surface area contributed by atoms with Crippen LogP contribution in [0.15, 0.2) is 41.3 Å². The van der Waals surface area contributed by atoms with Crippen molar-refractivity contribution in [3.63, 3.8) is 0 Å². The number of halogens is 2. The van der Waals surface area contributed by atoms with E-state index in [4.69, 9.17) is 51.6 Å². The van der Waals surface area contributed by atoms with Crippen molar-refractivity contribution in [3.05, 3.63) is 63.1 Å². The Labute approximate surface area is 294 Å². The molecule has 0 aliphatic carbocycles. The first-order valence-electron chi connectivity index (χ1n) is 16.2. The molecule has 1 heterocycles. The number of benzene rings is 2. The van der Waals surface area contributed by atoms with Gasteiger partial charge in [-0.1, -0.05) is 35.3 Å². The Hall–Kier alpha value is -1.88. The zero-order valence-electron chi connectivity index (χ0n) is 27.8. The number of ether oxygens (including phenoxy) is 6. The van der Waals surface area contributed by atoms with Gasteiger partial charge in [0.25, 0.3) is 0 Å². The third-order valence-electron chi connectivity index (χ3n) is 7.34. The van der Waals surface area contributed by atoms with Gasteiger partial charge in [-0.15, -0.1) is 0 Å². The molecule has 0 saturated carbocycles. The summed E-state index contributed by atoms with van der Waals surface area (Å²) in [7, 11) is -1.73. The molecule has 0 bridgehead atoms. The third-order valence-corrected chi connectivity index (χ3v) is 9.35. The fraction of sp³-hybridized carbons (Fsp3) is 0.606. The number of fused-ring (bicyclic) bond motifs is 1. The van der Waals surface area contributed by atoms with Gasteiger partial charge in [-0.3, -0.25) is 4.79 Å². The monoisotopic (exact) mass is 733 g/mol. The van der Waals surface area contributed by atoms with E-state index in [1.165, 1.54) is 0 Å². The fourth-order valence-corrected chi connectivity index (χ4v) is 6.64. The minimum Gasteiger partial charge on any atom is -0.379 e. The molecule has 0 saturated heterocycles. The highest BCUT2D eigenvalue weighted by molar-refractivity contribution is 7.89. The molecule has 270 valence electrons. The van der Waals surface area contributed by atoms with Crippen molar-refractivity contribution in [1.29, 1.82) is 0 Å². The van der Waals surface area contributed by atoms with Crippen molar-refractivity contribution in [2.24, 2.45) is 0 Å². The first kappa shape index (κ1) is 40.5. The lowest BCUT2D eigenvalue weighted by atomic mass is 9.85. The molecule has 0 fully saturated rings. The lowest BCUT2D eigenvalue weighted by Crippen LogP contribution is -2.31. The van der Waals surface area contributed by atoms with Crippen LogP contribution >= 0.6 is 23.2 Å². The molecule has 12 nitrogen and oxygen atoms in total. The molecule has 0 aromatic heterocycles. The molecule has 1 atom stereocenters. The van der Waals surface area contributed by atoms with Gasteiger partial charge in [0.05, 0.1) is 77.6 Å². The second kappa shape index (κ2) is 22.8. The Bertz CT molecular complexity index is 1350. The van der Waals surface area contributed by atoms with Crippen LogP contribution in [0.25, 0.3) is 0 Å². The molecule has 15 heteroatoms. The van der Waals surface area contributed by atoms with Gasteiger partial charge in [-0.2, -0.15) is 0 Å². The van der Waals surface area contributed by atoms with Crippen LogP contribution in [0.2, 0.25) is 10.0 Å². The lowest BCUT2D eigenvalue weighted by Gasteiger charge is -2.33. The quantitative estimate of drug-likeness (QED) is 0.146. The topological polar surface area (TPSA) is 134 Å². The maximum Gasteiger partial charge on any atom is 0.240 e. The minimum atomic E-state index is -3.74. The highest BCUT2D eigenvalue weighted by Crippen LogP contribution is 2.38. The van der Waals surface area contributed by atoms with E-state index in [1.54, 1.807) is 24.3 Å². The van der Waals surface area contributed by atoms with Crippen LogP contribution in [-0.2, 0) is 49.8 Å². The van der Waals surface area contributed by atoms with Crippen LogP contribution in [0.5, 0.6) is 0 Å². The van der Waals surface area contributed by atoms with E-state index < -0.39 is 10.0 Å². The van der Waals surface area contributed by atoms with Crippen LogP contribution < -0.4 is 10.0 Å². The normalized spacial score (nSPS) is 15.0. The largest absolute Gasteiger partial charge is 0.379 e. The number of hydrogen-bond acceptors (Lipinski definition) is 10. The number of nitrogens with zero attached hydrogens (tertiary/aromatic N) is 1. The van der Waals surface area contributed by atoms with Gasteiger partial charge in [0.2, 0.25) is 15.9 Å². The molecular weight excluding hydrogens is 685 g/mol. The van der Waals surface area contributed by atoms with Crippen LogP contribution in [0, 0.1) is 0 Å². The predicted octanol–water partition coefficient (Wildman–Crippen LogP) is 3.47. The standard InChI is InChI=1S/C33H49Cl2N3O9S/c1-3-42-13-14-46-18-15-43-10-7-33(39)36-8-11-44-16-19-47-20-17-45-12-9-37-48(40,41)28-6-4-5-26(21-28)30-24-38(2)25-31-29(30)22-27(34)23-32(31)35/h4-6,21-23,30,37H,3,7-20,24-25H2,1-2H3,(H,36,39). The van der Waals surface area contributed by atoms with Crippen molar-refractivity contribution >= 4 is 39.1 Å². The Morgan fingerprint density at radius 1 is 0.833 bits per heavy atom. The van der Waals surface area contributed by atoms with Crippen LogP contribution in [-0.4, -0.2) is 125 Å². The van der Waals surface area contributed by atoms with Crippen molar-refractivity contribution < 1.29 is 41.6 Å². The summed E-state index contributed by atoms with van der Waals surface area (Å²) in [6, 6.07) is 10.6. The van der Waals surface area contributed by atoms with Crippen molar-refractivity contribution in [3.8, 4) is 0 Å². The Balaban J connectivity index is 1.20. The Kier molecular flexibility index (Phi) is 19.2. The molecule has 1 aliphatic rings. The molecule has 0 spiro atoms. The van der Waals surface area contributed by atoms with Gasteiger partial charge in [0.15, 0.2) is 0 Å². The van der Waals surface area contributed by atoms with Crippen LogP contribution in [0.4, 0.5) is 0 Å². The Morgan fingerprint density at radius 3 is 2.10 bits per heavy atom. The number of nitrogens with one attached hydrogen (secondary N) is 2. The summed E-state index contributed by atoms with van der Waals surface area (Å²) in [6.45, 7) is 8.86. The van der Waals surface area contributed by atoms with E-state index in [9.17, 15) is 13.2 Å². The van der Waals surface area contributed by atoms with Gasteiger partial charge in [0, 0.05) is 55.2 Å². The maximum atomic E-state index is 13.0. The molecule has 1 aliphatic heterocycles. The summed E-state index contributed by atoms with van der Waals surface area (Å²) in [6.07, 6.45) is 0.275. The minimum absolute atomic E-state index is 0.0664. The van der Waals surface area contributed by atoms with Gasteiger partial charge in [-0.05, 0) is 54.9 Å². The molecule has 1 amide bonds. The zero-order chi connectivity index (χ0) is 34.6. The molecule has 3 rings (SSSR count). The van der Waals surface area contributed by atoms with Gasteiger partial charge < -0.3 is 38.6 Å². The molecule has 48 heavy (non-hydrogen) atoms. The second-order valence-corrected chi connectivity index (χ2v) is 13.6. The van der Waals surface area contributed by atoms with E-state index >= 15 is 0 Å². The maximum absolute atomic E-state index is 13.0. The zero-order valence-corrected chi connectivity index (χ0v) is 30.2. The summed E-state index contributed by atoms with van der Waals surface area (Å²) in [5.41, 5.74) is 2.90. The number of hydrogen-bond donors (Lipinski definition) is 2. The third kappa shape index (κ3) is 14.9. The molecule has 2 aromatic rings. The summed E-state index contributed by atoms with van der Waals surface area (Å²) < 4.78 is 61.0. The predicted molar refractivity (Wildman–Crippen MR) is 184 cm³/mol. The van der Waals surface area contributed by atoms with E-state index in [0.717, 1.165) is 16.7 Å². The lowest BCUT2D eigenvalue weighted by molar-refractivity contribution is -0.122. The Morgan fingerprint density at radius 2 is 1.44 bits per heavy atom.